The smallest absolute Gasteiger partial charge is 0.163 e. The van der Waals surface area contributed by atoms with Gasteiger partial charge in [-0.3, -0.25) is 0 Å². The third-order valence-corrected chi connectivity index (χ3v) is 4.14. The first-order valence-corrected chi connectivity index (χ1v) is 7.82. The van der Waals surface area contributed by atoms with Crippen LogP contribution in [0.15, 0.2) is 66.9 Å². The highest BCUT2D eigenvalue weighted by Gasteiger charge is 2.15. The minimum Gasteiger partial charge on any atom is -0.497 e. The molecule has 0 spiro atoms. The van der Waals surface area contributed by atoms with Crippen LogP contribution in [0.1, 0.15) is 5.69 Å². The van der Waals surface area contributed by atoms with Crippen molar-refractivity contribution in [1.29, 1.82) is 0 Å². The van der Waals surface area contributed by atoms with Crippen LogP contribution in [0.5, 0.6) is 5.75 Å². The van der Waals surface area contributed by atoms with Crippen LogP contribution in [0.2, 0.25) is 0 Å². The average molecular weight is 315 g/mol. The van der Waals surface area contributed by atoms with E-state index in [9.17, 15) is 0 Å². The number of benzene rings is 2. The molecule has 118 valence electrons. The molecule has 0 fully saturated rings. The van der Waals surface area contributed by atoms with Gasteiger partial charge in [0.1, 0.15) is 5.75 Å². The van der Waals surface area contributed by atoms with Crippen LogP contribution < -0.4 is 4.74 Å². The van der Waals surface area contributed by atoms with E-state index in [1.807, 2.05) is 66.2 Å². The maximum atomic E-state index is 5.24. The zero-order valence-corrected chi connectivity index (χ0v) is 13.6. The molecule has 4 heteroatoms. The van der Waals surface area contributed by atoms with Gasteiger partial charge in [-0.15, -0.1) is 0 Å². The van der Waals surface area contributed by atoms with Gasteiger partial charge < -0.3 is 4.74 Å². The van der Waals surface area contributed by atoms with Gasteiger partial charge in [-0.25, -0.2) is 9.50 Å². The number of nitrogens with zero attached hydrogens (tertiary/aromatic N) is 3. The Morgan fingerprint density at radius 2 is 1.62 bits per heavy atom. The largest absolute Gasteiger partial charge is 0.497 e. The highest BCUT2D eigenvalue weighted by molar-refractivity contribution is 5.81. The van der Waals surface area contributed by atoms with E-state index >= 15 is 0 Å². The van der Waals surface area contributed by atoms with Crippen LogP contribution in [-0.2, 0) is 0 Å². The molecular formula is C20H17N3O. The Kier molecular flexibility index (Phi) is 3.50. The van der Waals surface area contributed by atoms with Crippen LogP contribution in [0.4, 0.5) is 0 Å². The summed E-state index contributed by atoms with van der Waals surface area (Å²) in [6.45, 7) is 2.02. The fraction of sp³-hybridized carbons (Fsp3) is 0.100. The van der Waals surface area contributed by atoms with E-state index in [2.05, 4.69) is 17.1 Å². The van der Waals surface area contributed by atoms with Gasteiger partial charge in [-0.1, -0.05) is 42.5 Å². The number of hydrogen-bond donors (Lipinski definition) is 0. The lowest BCUT2D eigenvalue weighted by atomic mass is 10.1. The van der Waals surface area contributed by atoms with Crippen molar-refractivity contribution in [1.82, 2.24) is 14.6 Å². The van der Waals surface area contributed by atoms with Crippen LogP contribution in [-0.4, -0.2) is 21.7 Å². The van der Waals surface area contributed by atoms with Crippen molar-refractivity contribution < 1.29 is 4.74 Å². The van der Waals surface area contributed by atoms with Gasteiger partial charge in [0.15, 0.2) is 5.65 Å². The van der Waals surface area contributed by atoms with E-state index in [4.69, 9.17) is 9.84 Å². The van der Waals surface area contributed by atoms with Gasteiger partial charge in [0, 0.05) is 17.3 Å². The van der Waals surface area contributed by atoms with Gasteiger partial charge in [0.2, 0.25) is 0 Å². The number of hydrogen-bond acceptors (Lipinski definition) is 3. The molecule has 4 rings (SSSR count). The van der Waals surface area contributed by atoms with Crippen LogP contribution in [0.3, 0.4) is 0 Å². The number of ether oxygens (including phenoxy) is 1. The molecule has 2 heterocycles. The maximum absolute atomic E-state index is 5.24. The number of aryl methyl sites for hydroxylation is 1. The summed E-state index contributed by atoms with van der Waals surface area (Å²) >= 11 is 0. The molecule has 0 aliphatic carbocycles. The molecule has 0 atom stereocenters. The standard InChI is InChI=1S/C20H17N3O/c1-14-19(16-8-10-17(24-2)11-9-16)20-21-13-12-18(23(20)22-14)15-6-4-3-5-7-15/h3-13H,1-2H3. The van der Waals surface area contributed by atoms with E-state index in [-0.39, 0.29) is 0 Å². The van der Waals surface area contributed by atoms with Crippen LogP contribution >= 0.6 is 0 Å². The van der Waals surface area contributed by atoms with Gasteiger partial charge in [-0.2, -0.15) is 5.10 Å². The molecule has 2 aromatic heterocycles. The summed E-state index contributed by atoms with van der Waals surface area (Å²) in [4.78, 5) is 4.58. The number of fused-ring (bicyclic) bond motifs is 1. The van der Waals surface area contributed by atoms with Crippen molar-refractivity contribution in [3.8, 4) is 28.1 Å². The Labute approximate surface area is 140 Å². The van der Waals surface area contributed by atoms with E-state index < -0.39 is 0 Å². The fourth-order valence-electron chi connectivity index (χ4n) is 2.97. The minimum atomic E-state index is 0.839. The molecule has 0 amide bonds. The highest BCUT2D eigenvalue weighted by atomic mass is 16.5. The van der Waals surface area contributed by atoms with Gasteiger partial charge in [-0.05, 0) is 30.7 Å². The zero-order chi connectivity index (χ0) is 16.5. The third-order valence-electron chi connectivity index (χ3n) is 4.14. The van der Waals surface area contributed by atoms with Crippen LogP contribution in [0, 0.1) is 6.92 Å². The molecule has 0 N–H and O–H groups in total. The van der Waals surface area contributed by atoms with Crippen molar-refractivity contribution in [3.05, 3.63) is 72.6 Å². The second kappa shape index (κ2) is 5.81. The fourth-order valence-corrected chi connectivity index (χ4v) is 2.97. The first-order chi connectivity index (χ1) is 11.8. The molecule has 4 aromatic rings. The first-order valence-electron chi connectivity index (χ1n) is 7.82. The van der Waals surface area contributed by atoms with E-state index in [1.54, 1.807) is 7.11 Å². The molecule has 4 nitrogen and oxygen atoms in total. The highest BCUT2D eigenvalue weighted by Crippen LogP contribution is 2.30. The topological polar surface area (TPSA) is 39.4 Å². The summed E-state index contributed by atoms with van der Waals surface area (Å²) in [6.07, 6.45) is 1.84. The molecule has 0 radical (unpaired) electrons. The molecule has 0 bridgehead atoms. The van der Waals surface area contributed by atoms with Crippen molar-refractivity contribution in [2.45, 2.75) is 6.92 Å². The summed E-state index contributed by atoms with van der Waals surface area (Å²) in [5, 5.41) is 4.73. The lowest BCUT2D eigenvalue weighted by molar-refractivity contribution is 0.415. The second-order valence-electron chi connectivity index (χ2n) is 5.62. The van der Waals surface area contributed by atoms with Gasteiger partial charge in [0.25, 0.3) is 0 Å². The second-order valence-corrected chi connectivity index (χ2v) is 5.62. The zero-order valence-electron chi connectivity index (χ0n) is 13.6. The Morgan fingerprint density at radius 3 is 2.33 bits per heavy atom. The van der Waals surface area contributed by atoms with E-state index in [0.29, 0.717) is 0 Å². The summed E-state index contributed by atoms with van der Waals surface area (Å²) in [7, 11) is 1.67. The van der Waals surface area contributed by atoms with Crippen molar-refractivity contribution >= 4 is 5.65 Å². The molecule has 0 aliphatic rings. The Balaban J connectivity index is 1.93. The first kappa shape index (κ1) is 14.5. The molecule has 0 aliphatic heterocycles. The van der Waals surface area contributed by atoms with Gasteiger partial charge in [0.05, 0.1) is 18.5 Å². The van der Waals surface area contributed by atoms with Crippen molar-refractivity contribution in [2.75, 3.05) is 7.11 Å². The maximum Gasteiger partial charge on any atom is 0.163 e. The normalized spacial score (nSPS) is 10.9. The minimum absolute atomic E-state index is 0.839. The predicted molar refractivity (Wildman–Crippen MR) is 95.1 cm³/mol. The number of rotatable bonds is 3. The Hall–Kier alpha value is -3.14. The average Bonchev–Trinajstić information content (AvgIpc) is 2.98. The van der Waals surface area contributed by atoms with Crippen molar-refractivity contribution in [2.24, 2.45) is 0 Å². The lowest BCUT2D eigenvalue weighted by Gasteiger charge is -2.05. The van der Waals surface area contributed by atoms with Crippen LogP contribution in [0.25, 0.3) is 28.0 Å². The summed E-state index contributed by atoms with van der Waals surface area (Å²) in [5.41, 5.74) is 6.10. The quantitative estimate of drug-likeness (QED) is 0.563. The molecular weight excluding hydrogens is 298 g/mol. The monoisotopic (exact) mass is 315 g/mol. The summed E-state index contributed by atoms with van der Waals surface area (Å²) in [6, 6.07) is 20.2. The van der Waals surface area contributed by atoms with E-state index in [0.717, 1.165) is 39.5 Å². The number of methoxy groups -OCH3 is 1. The predicted octanol–water partition coefficient (Wildman–Crippen LogP) is 4.38. The summed E-state index contributed by atoms with van der Waals surface area (Å²) in [5.74, 6) is 0.839. The Morgan fingerprint density at radius 1 is 0.875 bits per heavy atom. The van der Waals surface area contributed by atoms with Gasteiger partial charge >= 0.3 is 0 Å². The van der Waals surface area contributed by atoms with E-state index in [1.165, 1.54) is 0 Å². The number of aromatic nitrogens is 3. The van der Waals surface area contributed by atoms with Crippen molar-refractivity contribution in [3.63, 3.8) is 0 Å². The summed E-state index contributed by atoms with van der Waals surface area (Å²) < 4.78 is 7.17. The molecule has 0 unspecified atom stereocenters. The molecule has 24 heavy (non-hydrogen) atoms. The third kappa shape index (κ3) is 2.33. The molecule has 2 aromatic carbocycles. The molecule has 0 saturated carbocycles. The SMILES string of the molecule is COc1ccc(-c2c(C)nn3c(-c4ccccc4)ccnc23)cc1. The lowest BCUT2D eigenvalue weighted by Crippen LogP contribution is -1.95. The molecule has 0 saturated heterocycles. The Bertz CT molecular complexity index is 989.